The number of carbonyl (C=O) groups excluding carboxylic acids is 1. The molecule has 23 heavy (non-hydrogen) atoms. The number of hydrogen-bond acceptors (Lipinski definition) is 3. The first-order chi connectivity index (χ1) is 11.3. The molecule has 1 saturated carbocycles. The molecule has 4 rings (SSSR count). The molecule has 1 fully saturated rings. The fourth-order valence-corrected chi connectivity index (χ4v) is 3.15. The van der Waals surface area contributed by atoms with Gasteiger partial charge < -0.3 is 15.4 Å². The van der Waals surface area contributed by atoms with Crippen LogP contribution in [0, 0.1) is 0 Å². The maximum absolute atomic E-state index is 11.6. The van der Waals surface area contributed by atoms with Gasteiger partial charge in [0.15, 0.2) is 0 Å². The average molecular weight is 308 g/mol. The summed E-state index contributed by atoms with van der Waals surface area (Å²) in [5.74, 6) is 0.869. The van der Waals surface area contributed by atoms with Crippen molar-refractivity contribution < 1.29 is 9.53 Å². The standard InChI is InChI=1S/C19H20N2O2/c22-19-16-7-6-15(10-14(16)12-21-19)23-18-9-8-17(18)20-11-13-4-2-1-3-5-13/h1-7,10,17-18,20H,8-9,11-12H2,(H,21,22). The smallest absolute Gasteiger partial charge is 0.251 e. The Morgan fingerprint density at radius 1 is 1.13 bits per heavy atom. The predicted molar refractivity (Wildman–Crippen MR) is 88.3 cm³/mol. The molecule has 2 atom stereocenters. The maximum Gasteiger partial charge on any atom is 0.251 e. The Bertz CT molecular complexity index is 715. The molecule has 4 heteroatoms. The fourth-order valence-electron chi connectivity index (χ4n) is 3.15. The fraction of sp³-hybridized carbons (Fsp3) is 0.316. The highest BCUT2D eigenvalue weighted by molar-refractivity contribution is 5.98. The average Bonchev–Trinajstić information content (AvgIpc) is 2.93. The summed E-state index contributed by atoms with van der Waals surface area (Å²) in [6.07, 6.45) is 2.42. The minimum absolute atomic E-state index is 0.0117. The normalized spacial score (nSPS) is 22.2. The summed E-state index contributed by atoms with van der Waals surface area (Å²) < 4.78 is 6.11. The Labute approximate surface area is 135 Å². The van der Waals surface area contributed by atoms with Crippen molar-refractivity contribution in [3.8, 4) is 5.75 Å². The summed E-state index contributed by atoms with van der Waals surface area (Å²) in [6, 6.07) is 16.6. The summed E-state index contributed by atoms with van der Waals surface area (Å²) in [4.78, 5) is 11.6. The maximum atomic E-state index is 11.6. The van der Waals surface area contributed by atoms with E-state index in [0.717, 1.165) is 36.3 Å². The molecule has 0 spiro atoms. The number of amides is 1. The van der Waals surface area contributed by atoms with Crippen molar-refractivity contribution in [2.45, 2.75) is 38.1 Å². The Morgan fingerprint density at radius 2 is 2.00 bits per heavy atom. The van der Waals surface area contributed by atoms with Crippen LogP contribution < -0.4 is 15.4 Å². The van der Waals surface area contributed by atoms with Crippen LogP contribution in [0.2, 0.25) is 0 Å². The van der Waals surface area contributed by atoms with E-state index in [1.165, 1.54) is 5.56 Å². The Kier molecular flexibility index (Phi) is 3.75. The first-order valence-corrected chi connectivity index (χ1v) is 8.15. The zero-order valence-electron chi connectivity index (χ0n) is 12.9. The molecule has 0 saturated heterocycles. The number of fused-ring (bicyclic) bond motifs is 1. The number of ether oxygens (including phenoxy) is 1. The lowest BCUT2D eigenvalue weighted by Crippen LogP contribution is -2.50. The van der Waals surface area contributed by atoms with Crippen LogP contribution in [-0.4, -0.2) is 18.1 Å². The van der Waals surface area contributed by atoms with Gasteiger partial charge in [0.05, 0.1) is 0 Å². The zero-order valence-corrected chi connectivity index (χ0v) is 12.9. The molecule has 4 nitrogen and oxygen atoms in total. The summed E-state index contributed by atoms with van der Waals surface area (Å²) >= 11 is 0. The van der Waals surface area contributed by atoms with Crippen molar-refractivity contribution in [3.05, 3.63) is 65.2 Å². The van der Waals surface area contributed by atoms with Crippen molar-refractivity contribution in [2.75, 3.05) is 0 Å². The van der Waals surface area contributed by atoms with Gasteiger partial charge in [-0.2, -0.15) is 0 Å². The summed E-state index contributed by atoms with van der Waals surface area (Å²) in [7, 11) is 0. The lowest BCUT2D eigenvalue weighted by Gasteiger charge is -2.37. The van der Waals surface area contributed by atoms with Gasteiger partial charge in [0, 0.05) is 24.7 Å². The van der Waals surface area contributed by atoms with Gasteiger partial charge in [-0.25, -0.2) is 0 Å². The Morgan fingerprint density at radius 3 is 2.78 bits per heavy atom. The minimum atomic E-state index is 0.0117. The van der Waals surface area contributed by atoms with Gasteiger partial charge in [-0.15, -0.1) is 0 Å². The molecule has 2 N–H and O–H groups in total. The quantitative estimate of drug-likeness (QED) is 0.893. The number of carbonyl (C=O) groups is 1. The van der Waals surface area contributed by atoms with Crippen molar-refractivity contribution in [3.63, 3.8) is 0 Å². The first-order valence-electron chi connectivity index (χ1n) is 8.15. The largest absolute Gasteiger partial charge is 0.489 e. The third-order valence-electron chi connectivity index (χ3n) is 4.67. The van der Waals surface area contributed by atoms with Crippen molar-refractivity contribution in [2.24, 2.45) is 0 Å². The van der Waals surface area contributed by atoms with E-state index in [1.54, 1.807) is 0 Å². The van der Waals surface area contributed by atoms with Gasteiger partial charge in [0.25, 0.3) is 5.91 Å². The van der Waals surface area contributed by atoms with Gasteiger partial charge in [0.2, 0.25) is 0 Å². The molecule has 2 aromatic rings. The van der Waals surface area contributed by atoms with E-state index in [-0.39, 0.29) is 12.0 Å². The van der Waals surface area contributed by atoms with Gasteiger partial charge in [0.1, 0.15) is 11.9 Å². The monoisotopic (exact) mass is 308 g/mol. The lowest BCUT2D eigenvalue weighted by molar-refractivity contribution is 0.0717. The van der Waals surface area contributed by atoms with Crippen molar-refractivity contribution in [1.82, 2.24) is 10.6 Å². The van der Waals surface area contributed by atoms with Gasteiger partial charge in [-0.3, -0.25) is 4.79 Å². The molecule has 1 heterocycles. The van der Waals surface area contributed by atoms with Gasteiger partial charge in [-0.1, -0.05) is 30.3 Å². The number of nitrogens with one attached hydrogen (secondary N) is 2. The second-order valence-electron chi connectivity index (χ2n) is 6.21. The number of benzene rings is 2. The summed E-state index contributed by atoms with van der Waals surface area (Å²) in [5, 5.41) is 6.41. The Balaban J connectivity index is 1.35. The lowest BCUT2D eigenvalue weighted by atomic mass is 9.88. The molecule has 0 radical (unpaired) electrons. The van der Waals surface area contributed by atoms with E-state index in [0.29, 0.717) is 12.6 Å². The van der Waals surface area contributed by atoms with Crippen LogP contribution in [0.1, 0.15) is 34.3 Å². The second-order valence-corrected chi connectivity index (χ2v) is 6.21. The highest BCUT2D eigenvalue weighted by Crippen LogP contribution is 2.28. The van der Waals surface area contributed by atoms with Crippen LogP contribution in [0.3, 0.4) is 0 Å². The van der Waals surface area contributed by atoms with E-state index >= 15 is 0 Å². The molecule has 2 aromatic carbocycles. The third-order valence-corrected chi connectivity index (χ3v) is 4.67. The molecule has 1 amide bonds. The minimum Gasteiger partial charge on any atom is -0.489 e. The Hall–Kier alpha value is -2.33. The van der Waals surface area contributed by atoms with Crippen LogP contribution in [0.25, 0.3) is 0 Å². The van der Waals surface area contributed by atoms with Gasteiger partial charge >= 0.3 is 0 Å². The molecule has 118 valence electrons. The molecule has 0 bridgehead atoms. The van der Waals surface area contributed by atoms with Crippen molar-refractivity contribution >= 4 is 5.91 Å². The molecule has 1 aliphatic carbocycles. The van der Waals surface area contributed by atoms with E-state index in [4.69, 9.17) is 4.74 Å². The first kappa shape index (κ1) is 14.3. The second kappa shape index (κ2) is 6.05. The SMILES string of the molecule is O=C1NCc2cc(OC3CCC3NCc3ccccc3)ccc21. The van der Waals surface area contributed by atoms with Crippen LogP contribution in [0.4, 0.5) is 0 Å². The summed E-state index contributed by atoms with van der Waals surface area (Å²) in [6.45, 7) is 1.47. The topological polar surface area (TPSA) is 50.4 Å². The highest BCUT2D eigenvalue weighted by Gasteiger charge is 2.32. The summed E-state index contributed by atoms with van der Waals surface area (Å²) in [5.41, 5.74) is 3.09. The molecule has 0 aromatic heterocycles. The molecule has 2 aliphatic rings. The van der Waals surface area contributed by atoms with E-state index in [2.05, 4.69) is 34.9 Å². The zero-order chi connectivity index (χ0) is 15.6. The van der Waals surface area contributed by atoms with Crippen LogP contribution in [-0.2, 0) is 13.1 Å². The van der Waals surface area contributed by atoms with Crippen LogP contribution in [0.15, 0.2) is 48.5 Å². The van der Waals surface area contributed by atoms with Crippen molar-refractivity contribution in [1.29, 1.82) is 0 Å². The van der Waals surface area contributed by atoms with E-state index in [1.807, 2.05) is 24.3 Å². The molecular weight excluding hydrogens is 288 g/mol. The number of rotatable bonds is 5. The molecule has 2 unspecified atom stereocenters. The number of hydrogen-bond donors (Lipinski definition) is 2. The molecular formula is C19H20N2O2. The molecule has 1 aliphatic heterocycles. The predicted octanol–water partition coefficient (Wildman–Crippen LogP) is 2.63. The van der Waals surface area contributed by atoms with Crippen LogP contribution in [0.5, 0.6) is 5.75 Å². The van der Waals surface area contributed by atoms with E-state index in [9.17, 15) is 4.79 Å². The third kappa shape index (κ3) is 2.94. The van der Waals surface area contributed by atoms with E-state index < -0.39 is 0 Å². The van der Waals surface area contributed by atoms with Crippen LogP contribution >= 0.6 is 0 Å². The van der Waals surface area contributed by atoms with Gasteiger partial charge in [-0.05, 0) is 42.2 Å². The highest BCUT2D eigenvalue weighted by atomic mass is 16.5.